The van der Waals surface area contributed by atoms with Gasteiger partial charge in [-0.1, -0.05) is 162 Å². The Bertz CT molecular complexity index is 1130. The third kappa shape index (κ3) is 19.8. The van der Waals surface area contributed by atoms with E-state index in [0.717, 1.165) is 64.2 Å². The average Bonchev–Trinajstić information content (AvgIpc) is 3.18. The van der Waals surface area contributed by atoms with Gasteiger partial charge in [0.2, 0.25) is 11.8 Å². The maximum Gasteiger partial charge on any atom is 0.225 e. The SMILES string of the molecule is CCCCCCCC/C=C\CCCCCCCC(=O)N(CCCCCCCCCCCCCC)[C@]1(N)O[C@H](CO)[C@@H](O)[C@H](O)[C@H]1C(=O)[C@](C)(N)C(=O)[C@@H](N)CC(C)C. The zero-order valence-corrected chi connectivity index (χ0v) is 37.8. The largest absolute Gasteiger partial charge is 0.394 e. The highest BCUT2D eigenvalue weighted by molar-refractivity contribution is 6.14. The number of carbonyl (C=O) groups excluding carboxylic acids is 3. The van der Waals surface area contributed by atoms with Crippen LogP contribution in [0.4, 0.5) is 0 Å². The van der Waals surface area contributed by atoms with Crippen molar-refractivity contribution in [2.75, 3.05) is 13.2 Å². The number of hydrogen-bond donors (Lipinski definition) is 6. The molecule has 1 saturated heterocycles. The first-order valence-electron chi connectivity index (χ1n) is 23.7. The molecule has 1 rings (SSSR count). The molecule has 1 aliphatic heterocycles. The molecule has 1 amide bonds. The smallest absolute Gasteiger partial charge is 0.225 e. The second-order valence-corrected chi connectivity index (χ2v) is 18.0. The maximum absolute atomic E-state index is 14.4. The number of nitrogens with zero attached hydrogens (tertiary/aromatic N) is 1. The van der Waals surface area contributed by atoms with Gasteiger partial charge in [0.25, 0.3) is 0 Å². The van der Waals surface area contributed by atoms with Crippen molar-refractivity contribution in [3.63, 3.8) is 0 Å². The molecule has 0 saturated carbocycles. The van der Waals surface area contributed by atoms with Crippen LogP contribution >= 0.6 is 0 Å². The molecule has 1 heterocycles. The number of allylic oxidation sites excluding steroid dienone is 2. The first-order valence-corrected chi connectivity index (χ1v) is 23.7. The molecule has 58 heavy (non-hydrogen) atoms. The van der Waals surface area contributed by atoms with Crippen LogP contribution in [0.25, 0.3) is 0 Å². The molecule has 0 unspecified atom stereocenters. The van der Waals surface area contributed by atoms with Crippen molar-refractivity contribution in [2.45, 2.75) is 244 Å². The van der Waals surface area contributed by atoms with Crippen LogP contribution in [0.2, 0.25) is 0 Å². The van der Waals surface area contributed by atoms with Gasteiger partial charge in [0.15, 0.2) is 11.6 Å². The molecule has 0 radical (unpaired) electrons. The van der Waals surface area contributed by atoms with Crippen molar-refractivity contribution >= 4 is 17.5 Å². The van der Waals surface area contributed by atoms with Gasteiger partial charge in [0, 0.05) is 13.0 Å². The van der Waals surface area contributed by atoms with E-state index in [0.29, 0.717) is 12.8 Å². The van der Waals surface area contributed by atoms with Gasteiger partial charge in [-0.3, -0.25) is 20.1 Å². The van der Waals surface area contributed by atoms with Crippen LogP contribution in [0, 0.1) is 11.8 Å². The minimum atomic E-state index is -2.29. The Morgan fingerprint density at radius 1 is 0.724 bits per heavy atom. The second-order valence-electron chi connectivity index (χ2n) is 18.0. The molecule has 0 spiro atoms. The number of hydrogen-bond acceptors (Lipinski definition) is 10. The summed E-state index contributed by atoms with van der Waals surface area (Å²) in [5, 5.41) is 32.7. The first kappa shape index (κ1) is 54.3. The normalized spacial score (nSPS) is 22.7. The molecule has 0 aromatic heterocycles. The molecule has 0 aromatic rings. The number of rotatable bonds is 36. The number of unbranched alkanes of at least 4 members (excludes halogenated alkanes) is 22. The fourth-order valence-corrected chi connectivity index (χ4v) is 8.30. The number of nitrogens with two attached hydrogens (primary N) is 3. The van der Waals surface area contributed by atoms with E-state index in [1.165, 1.54) is 95.3 Å². The third-order valence-corrected chi connectivity index (χ3v) is 12.0. The number of Topliss-reactive ketones (excluding diaryl/α,β-unsaturated/α-hetero) is 2. The van der Waals surface area contributed by atoms with Gasteiger partial charge < -0.3 is 36.4 Å². The zero-order chi connectivity index (χ0) is 43.4. The lowest BCUT2D eigenvalue weighted by atomic mass is 9.73. The van der Waals surface area contributed by atoms with Crippen LogP contribution in [0.15, 0.2) is 12.2 Å². The highest BCUT2D eigenvalue weighted by Gasteiger charge is 2.62. The standard InChI is InChI=1S/C47H90N4O7/c1-6-8-10-12-14-16-18-20-21-22-23-25-27-29-31-33-40(53)51(34-32-30-28-26-24-19-17-15-13-11-9-7-2)47(50)41(43(55)42(54)39(36-52)58-47)45(57)46(5,49)44(56)38(48)35-37(3)4/h20-21,37-39,41-43,52,54-55H,6-19,22-36,48-50H2,1-5H3/b21-20-/t38-,39+,41-,42+,43+,46+,47-/m0/s1. The fraction of sp³-hybridized carbons (Fsp3) is 0.894. The Labute approximate surface area is 354 Å². The molecule has 9 N–H and O–H groups in total. The molecule has 1 aliphatic rings. The Hall–Kier alpha value is -1.73. The minimum absolute atomic E-state index is 0.0504. The van der Waals surface area contributed by atoms with Crippen molar-refractivity contribution < 1.29 is 34.4 Å². The minimum Gasteiger partial charge on any atom is -0.394 e. The van der Waals surface area contributed by atoms with Gasteiger partial charge in [-0.15, -0.1) is 0 Å². The molecule has 340 valence electrons. The summed E-state index contributed by atoms with van der Waals surface area (Å²) in [4.78, 5) is 43.4. The van der Waals surface area contributed by atoms with Crippen LogP contribution in [0.5, 0.6) is 0 Å². The fourth-order valence-electron chi connectivity index (χ4n) is 8.30. The highest BCUT2D eigenvalue weighted by atomic mass is 16.6. The van der Waals surface area contributed by atoms with E-state index in [1.807, 2.05) is 13.8 Å². The van der Waals surface area contributed by atoms with Crippen LogP contribution in [0.3, 0.4) is 0 Å². The predicted octanol–water partition coefficient (Wildman–Crippen LogP) is 8.12. The van der Waals surface area contributed by atoms with Crippen LogP contribution in [-0.2, 0) is 19.1 Å². The molecule has 11 heteroatoms. The molecule has 11 nitrogen and oxygen atoms in total. The quantitative estimate of drug-likeness (QED) is 0.0155. The lowest BCUT2D eigenvalue weighted by Gasteiger charge is -2.53. The molecular formula is C47H90N4O7. The molecule has 1 fully saturated rings. The van der Waals surface area contributed by atoms with Crippen molar-refractivity contribution in [2.24, 2.45) is 29.0 Å². The van der Waals surface area contributed by atoms with Gasteiger partial charge in [-0.2, -0.15) is 0 Å². The number of aliphatic hydroxyl groups excluding tert-OH is 3. The number of ether oxygens (including phenoxy) is 1. The van der Waals surface area contributed by atoms with Crippen molar-refractivity contribution in [1.29, 1.82) is 0 Å². The van der Waals surface area contributed by atoms with E-state index in [4.69, 9.17) is 21.9 Å². The third-order valence-electron chi connectivity index (χ3n) is 12.0. The second kappa shape index (κ2) is 31.2. The maximum atomic E-state index is 14.4. The van der Waals surface area contributed by atoms with Crippen molar-refractivity contribution in [3.05, 3.63) is 12.2 Å². The van der Waals surface area contributed by atoms with E-state index in [1.54, 1.807) is 0 Å². The molecular weight excluding hydrogens is 733 g/mol. The highest BCUT2D eigenvalue weighted by Crippen LogP contribution is 2.38. The van der Waals surface area contributed by atoms with E-state index in [2.05, 4.69) is 26.0 Å². The van der Waals surface area contributed by atoms with Crippen LogP contribution < -0.4 is 17.2 Å². The molecule has 0 bridgehead atoms. The van der Waals surface area contributed by atoms with E-state index in [-0.39, 0.29) is 31.2 Å². The Balaban J connectivity index is 3.03. The Morgan fingerprint density at radius 3 is 1.60 bits per heavy atom. The van der Waals surface area contributed by atoms with E-state index < -0.39 is 59.8 Å². The summed E-state index contributed by atoms with van der Waals surface area (Å²) in [6, 6.07) is -1.05. The van der Waals surface area contributed by atoms with Crippen LogP contribution in [-0.4, -0.2) is 86.6 Å². The lowest BCUT2D eigenvalue weighted by molar-refractivity contribution is -0.292. The van der Waals surface area contributed by atoms with Gasteiger partial charge >= 0.3 is 0 Å². The van der Waals surface area contributed by atoms with Gasteiger partial charge in [0.05, 0.1) is 18.8 Å². The van der Waals surface area contributed by atoms with Crippen molar-refractivity contribution in [1.82, 2.24) is 4.90 Å². The van der Waals surface area contributed by atoms with E-state index in [9.17, 15) is 29.7 Å². The van der Waals surface area contributed by atoms with Crippen molar-refractivity contribution in [3.8, 4) is 0 Å². The number of carbonyl (C=O) groups is 3. The Morgan fingerprint density at radius 2 is 1.16 bits per heavy atom. The lowest BCUT2D eigenvalue weighted by Crippen LogP contribution is -2.78. The summed E-state index contributed by atoms with van der Waals surface area (Å²) in [5.41, 5.74) is 17.5. The Kier molecular flexibility index (Phi) is 29.2. The number of ketones is 2. The summed E-state index contributed by atoms with van der Waals surface area (Å²) in [5.74, 6) is -6.09. The number of amides is 1. The monoisotopic (exact) mass is 823 g/mol. The summed E-state index contributed by atoms with van der Waals surface area (Å²) in [6.45, 7) is 8.91. The molecule has 0 aliphatic carbocycles. The predicted molar refractivity (Wildman–Crippen MR) is 237 cm³/mol. The van der Waals surface area contributed by atoms with E-state index >= 15 is 0 Å². The topological polar surface area (TPSA) is 202 Å². The summed E-state index contributed by atoms with van der Waals surface area (Å²) < 4.78 is 6.11. The van der Waals surface area contributed by atoms with Gasteiger partial charge in [-0.25, -0.2) is 0 Å². The summed E-state index contributed by atoms with van der Waals surface area (Å²) in [7, 11) is 0. The summed E-state index contributed by atoms with van der Waals surface area (Å²) >= 11 is 0. The summed E-state index contributed by atoms with van der Waals surface area (Å²) in [6.07, 6.45) is 28.1. The molecule has 7 atom stereocenters. The zero-order valence-electron chi connectivity index (χ0n) is 37.8. The van der Waals surface area contributed by atoms with Gasteiger partial charge in [0.1, 0.15) is 23.7 Å². The average molecular weight is 823 g/mol. The molecule has 0 aromatic carbocycles. The first-order chi connectivity index (χ1) is 27.7. The number of aliphatic hydroxyl groups is 3. The van der Waals surface area contributed by atoms with Crippen LogP contribution in [0.1, 0.15) is 208 Å². The van der Waals surface area contributed by atoms with Gasteiger partial charge in [-0.05, 0) is 57.8 Å².